The lowest BCUT2D eigenvalue weighted by atomic mass is 9.99. The first kappa shape index (κ1) is 17.9. The summed E-state index contributed by atoms with van der Waals surface area (Å²) in [5, 5.41) is 23.7. The number of benzene rings is 2. The van der Waals surface area contributed by atoms with Gasteiger partial charge in [0.15, 0.2) is 0 Å². The summed E-state index contributed by atoms with van der Waals surface area (Å²) in [7, 11) is 0. The van der Waals surface area contributed by atoms with Crippen LogP contribution in [-0.4, -0.2) is 34.2 Å². The molecule has 1 unspecified atom stereocenters. The second-order valence-electron chi connectivity index (χ2n) is 6.46. The first-order valence-electron chi connectivity index (χ1n) is 8.06. The van der Waals surface area contributed by atoms with Gasteiger partial charge in [-0.25, -0.2) is 0 Å². The van der Waals surface area contributed by atoms with E-state index in [1.807, 2.05) is 56.3 Å². The van der Waals surface area contributed by atoms with Gasteiger partial charge < -0.3 is 10.2 Å². The fraction of sp³-hybridized carbons (Fsp3) is 0.368. The Morgan fingerprint density at radius 1 is 0.958 bits per heavy atom. The molecule has 2 aromatic carbocycles. The molecule has 24 heavy (non-hydrogen) atoms. The highest BCUT2D eigenvalue weighted by molar-refractivity contribution is 5.83. The highest BCUT2D eigenvalue weighted by Gasteiger charge is 2.26. The van der Waals surface area contributed by atoms with Crippen LogP contribution >= 0.6 is 0 Å². The van der Waals surface area contributed by atoms with Crippen molar-refractivity contribution in [3.63, 3.8) is 0 Å². The molecule has 0 aliphatic carbocycles. The topological polar surface area (TPSA) is 86.6 Å². The number of carboxylic acid groups (broad SMARTS) is 2. The zero-order chi connectivity index (χ0) is 17.7. The number of aliphatic carboxylic acids is 2. The summed E-state index contributed by atoms with van der Waals surface area (Å²) < 4.78 is 0. The van der Waals surface area contributed by atoms with Crippen molar-refractivity contribution < 1.29 is 19.8 Å². The Labute approximate surface area is 141 Å². The average Bonchev–Trinajstić information content (AvgIpc) is 2.52. The van der Waals surface area contributed by atoms with E-state index in [0.717, 1.165) is 16.3 Å². The molecular weight excluding hydrogens is 306 g/mol. The van der Waals surface area contributed by atoms with Gasteiger partial charge in [-0.05, 0) is 35.1 Å². The van der Waals surface area contributed by atoms with Crippen LogP contribution in [-0.2, 0) is 16.0 Å². The average molecular weight is 329 g/mol. The summed E-state index contributed by atoms with van der Waals surface area (Å²) in [6.45, 7) is 3.83. The standard InChI is InChI=1S/C19H23NO4/c1-12(2)9-16(18(21)22)20-17(19(23)24)11-13-7-8-14-5-3-4-6-15(14)10-13/h3-8,10,12,16-17,20H,9,11H2,1-2H3,(H,21,22)(H,23,24)/t16?,17-/m0/s1. The Morgan fingerprint density at radius 3 is 2.17 bits per heavy atom. The quantitative estimate of drug-likeness (QED) is 0.693. The summed E-state index contributed by atoms with van der Waals surface area (Å²) >= 11 is 0. The minimum atomic E-state index is -1.04. The van der Waals surface area contributed by atoms with E-state index in [-0.39, 0.29) is 12.3 Å². The van der Waals surface area contributed by atoms with Crippen molar-refractivity contribution in [2.45, 2.75) is 38.8 Å². The van der Waals surface area contributed by atoms with Crippen LogP contribution in [0.25, 0.3) is 10.8 Å². The number of nitrogens with one attached hydrogen (secondary N) is 1. The van der Waals surface area contributed by atoms with E-state index in [1.54, 1.807) is 0 Å². The molecule has 5 heteroatoms. The Balaban J connectivity index is 2.17. The van der Waals surface area contributed by atoms with E-state index in [0.29, 0.717) is 6.42 Å². The van der Waals surface area contributed by atoms with Gasteiger partial charge in [0.25, 0.3) is 0 Å². The van der Waals surface area contributed by atoms with Crippen LogP contribution in [0.5, 0.6) is 0 Å². The van der Waals surface area contributed by atoms with Crippen molar-refractivity contribution in [1.82, 2.24) is 5.32 Å². The maximum absolute atomic E-state index is 11.6. The Hall–Kier alpha value is -2.40. The molecule has 0 spiro atoms. The predicted molar refractivity (Wildman–Crippen MR) is 93.1 cm³/mol. The van der Waals surface area contributed by atoms with Crippen molar-refractivity contribution >= 4 is 22.7 Å². The van der Waals surface area contributed by atoms with Crippen LogP contribution in [0.4, 0.5) is 0 Å². The molecule has 0 saturated heterocycles. The largest absolute Gasteiger partial charge is 0.480 e. The minimum absolute atomic E-state index is 0.161. The molecule has 0 amide bonds. The number of rotatable bonds is 8. The molecule has 128 valence electrons. The van der Waals surface area contributed by atoms with Crippen LogP contribution in [0, 0.1) is 5.92 Å². The predicted octanol–water partition coefficient (Wildman–Crippen LogP) is 2.92. The summed E-state index contributed by atoms with van der Waals surface area (Å²) in [6.07, 6.45) is 0.624. The van der Waals surface area contributed by atoms with Gasteiger partial charge in [0.05, 0.1) is 0 Å². The first-order valence-corrected chi connectivity index (χ1v) is 8.06. The van der Waals surface area contributed by atoms with Gasteiger partial charge in [-0.2, -0.15) is 0 Å². The van der Waals surface area contributed by atoms with E-state index in [2.05, 4.69) is 5.32 Å². The molecule has 2 atom stereocenters. The van der Waals surface area contributed by atoms with Crippen molar-refractivity contribution in [2.75, 3.05) is 0 Å². The number of carboxylic acids is 2. The third-order valence-electron chi connectivity index (χ3n) is 3.96. The van der Waals surface area contributed by atoms with Gasteiger partial charge in [0.1, 0.15) is 12.1 Å². The van der Waals surface area contributed by atoms with Crippen LogP contribution in [0.2, 0.25) is 0 Å². The normalized spacial score (nSPS) is 13.8. The van der Waals surface area contributed by atoms with Gasteiger partial charge >= 0.3 is 11.9 Å². The Bertz CT molecular complexity index is 726. The molecule has 3 N–H and O–H groups in total. The van der Waals surface area contributed by atoms with Crippen molar-refractivity contribution in [3.05, 3.63) is 48.0 Å². The number of hydrogen-bond donors (Lipinski definition) is 3. The molecule has 0 bridgehead atoms. The second-order valence-corrected chi connectivity index (χ2v) is 6.46. The number of fused-ring (bicyclic) bond motifs is 1. The van der Waals surface area contributed by atoms with Crippen LogP contribution in [0.3, 0.4) is 0 Å². The maximum Gasteiger partial charge on any atom is 0.321 e. The monoisotopic (exact) mass is 329 g/mol. The lowest BCUT2D eigenvalue weighted by Crippen LogP contribution is -2.48. The molecule has 0 saturated carbocycles. The third kappa shape index (κ3) is 4.80. The fourth-order valence-electron chi connectivity index (χ4n) is 2.77. The summed E-state index contributed by atoms with van der Waals surface area (Å²) in [6, 6.07) is 11.8. The van der Waals surface area contributed by atoms with E-state index >= 15 is 0 Å². The molecule has 2 aromatic rings. The van der Waals surface area contributed by atoms with Gasteiger partial charge in [-0.1, -0.05) is 56.3 Å². The molecule has 0 aliphatic heterocycles. The van der Waals surface area contributed by atoms with E-state index < -0.39 is 24.0 Å². The molecule has 0 heterocycles. The van der Waals surface area contributed by atoms with E-state index in [9.17, 15) is 19.8 Å². The van der Waals surface area contributed by atoms with Crippen molar-refractivity contribution in [2.24, 2.45) is 5.92 Å². The van der Waals surface area contributed by atoms with E-state index in [4.69, 9.17) is 0 Å². The lowest BCUT2D eigenvalue weighted by molar-refractivity contribution is -0.142. The Morgan fingerprint density at radius 2 is 1.58 bits per heavy atom. The highest BCUT2D eigenvalue weighted by atomic mass is 16.4. The molecule has 0 fully saturated rings. The first-order chi connectivity index (χ1) is 11.4. The second kappa shape index (κ2) is 7.93. The van der Waals surface area contributed by atoms with Gasteiger partial charge in [-0.15, -0.1) is 0 Å². The fourth-order valence-corrected chi connectivity index (χ4v) is 2.77. The van der Waals surface area contributed by atoms with Gasteiger partial charge in [0.2, 0.25) is 0 Å². The highest BCUT2D eigenvalue weighted by Crippen LogP contribution is 2.17. The smallest absolute Gasteiger partial charge is 0.321 e. The molecule has 5 nitrogen and oxygen atoms in total. The van der Waals surface area contributed by atoms with Crippen molar-refractivity contribution in [3.8, 4) is 0 Å². The molecule has 0 radical (unpaired) electrons. The molecule has 0 aliphatic rings. The zero-order valence-electron chi connectivity index (χ0n) is 13.9. The van der Waals surface area contributed by atoms with E-state index in [1.165, 1.54) is 0 Å². The van der Waals surface area contributed by atoms with Crippen LogP contribution in [0.1, 0.15) is 25.8 Å². The minimum Gasteiger partial charge on any atom is -0.480 e. The van der Waals surface area contributed by atoms with Crippen molar-refractivity contribution in [1.29, 1.82) is 0 Å². The summed E-state index contributed by atoms with van der Waals surface area (Å²) in [5.41, 5.74) is 0.863. The van der Waals surface area contributed by atoms with Crippen LogP contribution in [0.15, 0.2) is 42.5 Å². The molecule has 0 aromatic heterocycles. The SMILES string of the molecule is CC(C)CC(N[C@@H](Cc1ccc2ccccc2c1)C(=O)O)C(=O)O. The Kier molecular flexibility index (Phi) is 5.93. The zero-order valence-corrected chi connectivity index (χ0v) is 13.9. The van der Waals surface area contributed by atoms with Gasteiger partial charge in [-0.3, -0.25) is 14.9 Å². The maximum atomic E-state index is 11.6. The van der Waals surface area contributed by atoms with Gasteiger partial charge in [0, 0.05) is 0 Å². The number of hydrogen-bond acceptors (Lipinski definition) is 3. The summed E-state index contributed by atoms with van der Waals surface area (Å²) in [4.78, 5) is 22.9. The molecular formula is C19H23NO4. The summed E-state index contributed by atoms with van der Waals surface area (Å²) in [5.74, 6) is -1.90. The lowest BCUT2D eigenvalue weighted by Gasteiger charge is -2.22. The van der Waals surface area contributed by atoms with Crippen LogP contribution < -0.4 is 5.32 Å². The third-order valence-corrected chi connectivity index (χ3v) is 3.96. The number of carbonyl (C=O) groups is 2. The molecule has 2 rings (SSSR count).